The first-order valence-corrected chi connectivity index (χ1v) is 7.64. The maximum atomic E-state index is 5.84. The molecule has 2 saturated heterocycles. The average molecular weight is 301 g/mol. The molecule has 2 aliphatic rings. The number of hydrogen-bond acceptors (Lipinski definition) is 5. The Morgan fingerprint density at radius 2 is 1.86 bits per heavy atom. The van der Waals surface area contributed by atoms with E-state index in [1.165, 1.54) is 11.1 Å². The van der Waals surface area contributed by atoms with Gasteiger partial charge in [0.2, 0.25) is 0 Å². The highest BCUT2D eigenvalue weighted by molar-refractivity contribution is 5.27. The molecule has 0 amide bonds. The summed E-state index contributed by atoms with van der Waals surface area (Å²) in [5.74, 6) is 0. The van der Waals surface area contributed by atoms with Crippen LogP contribution in [0.4, 0.5) is 0 Å². The van der Waals surface area contributed by atoms with E-state index in [9.17, 15) is 0 Å². The van der Waals surface area contributed by atoms with Gasteiger partial charge in [-0.3, -0.25) is 9.74 Å². The first-order chi connectivity index (χ1) is 10.6. The molecule has 22 heavy (non-hydrogen) atoms. The molecule has 0 spiro atoms. The minimum absolute atomic E-state index is 0.0491. The van der Waals surface area contributed by atoms with Gasteiger partial charge in [-0.15, -0.1) is 0 Å². The molecular formula is C17H23N3O2. The Morgan fingerprint density at radius 3 is 2.45 bits per heavy atom. The van der Waals surface area contributed by atoms with E-state index in [1.807, 2.05) is 17.0 Å². The van der Waals surface area contributed by atoms with Crippen LogP contribution in [0.3, 0.4) is 0 Å². The highest BCUT2D eigenvalue weighted by Crippen LogP contribution is 2.32. The lowest BCUT2D eigenvalue weighted by molar-refractivity contribution is -0.140. The van der Waals surface area contributed by atoms with Crippen LogP contribution in [-0.2, 0) is 9.57 Å². The lowest BCUT2D eigenvalue weighted by Crippen LogP contribution is -2.35. The van der Waals surface area contributed by atoms with Gasteiger partial charge in [-0.05, 0) is 25.1 Å². The summed E-state index contributed by atoms with van der Waals surface area (Å²) in [6, 6.07) is 11.2. The Balaban J connectivity index is 1.74. The number of terminal acetylenes is 1. The number of ether oxygens (including phenoxy) is 1. The summed E-state index contributed by atoms with van der Waals surface area (Å²) in [7, 11) is 4.04. The van der Waals surface area contributed by atoms with Gasteiger partial charge in [0.15, 0.2) is 0 Å². The monoisotopic (exact) mass is 301 g/mol. The van der Waals surface area contributed by atoms with Crippen LogP contribution in [0.15, 0.2) is 24.3 Å². The molecule has 0 aromatic heterocycles. The third-order valence-corrected chi connectivity index (χ3v) is 4.48. The van der Waals surface area contributed by atoms with Crippen LogP contribution in [0.5, 0.6) is 0 Å². The SMILES string of the molecule is C#CN1CCOC(c2ccc(C3N(C)OC(C)N3C)cc2)C1. The molecule has 0 saturated carbocycles. The fourth-order valence-corrected chi connectivity index (χ4v) is 3.12. The van der Waals surface area contributed by atoms with Crippen molar-refractivity contribution in [2.24, 2.45) is 0 Å². The van der Waals surface area contributed by atoms with Crippen molar-refractivity contribution in [3.05, 3.63) is 35.4 Å². The molecule has 0 N–H and O–H groups in total. The summed E-state index contributed by atoms with van der Waals surface area (Å²) in [6.07, 6.45) is 5.76. The number of nitrogens with zero attached hydrogens (tertiary/aromatic N) is 3. The highest BCUT2D eigenvalue weighted by Gasteiger charge is 2.34. The first kappa shape index (κ1) is 15.3. The van der Waals surface area contributed by atoms with E-state index in [-0.39, 0.29) is 18.5 Å². The fourth-order valence-electron chi connectivity index (χ4n) is 3.12. The van der Waals surface area contributed by atoms with Crippen LogP contribution in [0.1, 0.15) is 30.3 Å². The summed E-state index contributed by atoms with van der Waals surface area (Å²) in [5, 5.41) is 1.90. The molecule has 3 atom stereocenters. The van der Waals surface area contributed by atoms with Crippen LogP contribution in [0.2, 0.25) is 0 Å². The zero-order valence-electron chi connectivity index (χ0n) is 13.4. The lowest BCUT2D eigenvalue weighted by Gasteiger charge is -2.31. The molecule has 2 fully saturated rings. The van der Waals surface area contributed by atoms with Crippen molar-refractivity contribution >= 4 is 0 Å². The standard InChI is InChI=1S/C17H23N3O2/c1-5-20-10-11-21-16(12-20)14-6-8-15(9-7-14)17-18(3)13(2)22-19(17)4/h1,6-9,13,16-17H,10-12H2,2-4H3. The molecule has 1 aromatic rings. The molecule has 3 unspecified atom stereocenters. The first-order valence-electron chi connectivity index (χ1n) is 7.64. The summed E-state index contributed by atoms with van der Waals surface area (Å²) in [4.78, 5) is 9.89. The highest BCUT2D eigenvalue weighted by atomic mass is 16.7. The van der Waals surface area contributed by atoms with E-state index in [2.05, 4.69) is 49.2 Å². The van der Waals surface area contributed by atoms with Gasteiger partial charge >= 0.3 is 0 Å². The Labute approximate surface area is 132 Å². The molecular weight excluding hydrogens is 278 g/mol. The molecule has 2 aliphatic heterocycles. The van der Waals surface area contributed by atoms with Crippen molar-refractivity contribution < 1.29 is 9.57 Å². The maximum Gasteiger partial charge on any atom is 0.130 e. The lowest BCUT2D eigenvalue weighted by atomic mass is 10.0. The van der Waals surface area contributed by atoms with Crippen LogP contribution in [0.25, 0.3) is 0 Å². The second-order valence-electron chi connectivity index (χ2n) is 5.89. The second-order valence-corrected chi connectivity index (χ2v) is 5.89. The van der Waals surface area contributed by atoms with Gasteiger partial charge in [0.05, 0.1) is 13.2 Å². The van der Waals surface area contributed by atoms with Gasteiger partial charge in [-0.25, -0.2) is 0 Å². The van der Waals surface area contributed by atoms with Crippen molar-refractivity contribution in [1.82, 2.24) is 14.9 Å². The average Bonchev–Trinajstić information content (AvgIpc) is 2.80. The summed E-state index contributed by atoms with van der Waals surface area (Å²) >= 11 is 0. The van der Waals surface area contributed by atoms with E-state index >= 15 is 0 Å². The predicted octanol–water partition coefficient (Wildman–Crippen LogP) is 1.80. The molecule has 0 bridgehead atoms. The van der Waals surface area contributed by atoms with Gasteiger partial charge < -0.3 is 9.64 Å². The summed E-state index contributed by atoms with van der Waals surface area (Å²) in [6.45, 7) is 4.28. The summed E-state index contributed by atoms with van der Waals surface area (Å²) < 4.78 is 5.84. The van der Waals surface area contributed by atoms with Crippen molar-refractivity contribution in [3.8, 4) is 12.5 Å². The van der Waals surface area contributed by atoms with E-state index in [4.69, 9.17) is 16.0 Å². The molecule has 0 aliphatic carbocycles. The van der Waals surface area contributed by atoms with Crippen molar-refractivity contribution in [1.29, 1.82) is 0 Å². The molecule has 0 radical (unpaired) electrons. The number of rotatable bonds is 2. The maximum absolute atomic E-state index is 5.84. The van der Waals surface area contributed by atoms with E-state index < -0.39 is 0 Å². The van der Waals surface area contributed by atoms with E-state index in [1.54, 1.807) is 0 Å². The molecule has 1 aromatic carbocycles. The second kappa shape index (κ2) is 6.27. The predicted molar refractivity (Wildman–Crippen MR) is 84.4 cm³/mol. The minimum atomic E-state index is 0.0491. The van der Waals surface area contributed by atoms with Gasteiger partial charge in [-0.2, -0.15) is 5.06 Å². The number of hydrogen-bond donors (Lipinski definition) is 0. The van der Waals surface area contributed by atoms with Crippen LogP contribution >= 0.6 is 0 Å². The largest absolute Gasteiger partial charge is 0.370 e. The van der Waals surface area contributed by atoms with E-state index in [0.29, 0.717) is 6.61 Å². The fraction of sp³-hybridized carbons (Fsp3) is 0.529. The Kier molecular flexibility index (Phi) is 4.37. The Bertz CT molecular complexity index is 554. The molecule has 5 heteroatoms. The van der Waals surface area contributed by atoms with Gasteiger partial charge in [-0.1, -0.05) is 30.7 Å². The Morgan fingerprint density at radius 1 is 1.18 bits per heavy atom. The minimum Gasteiger partial charge on any atom is -0.370 e. The zero-order valence-corrected chi connectivity index (χ0v) is 13.4. The van der Waals surface area contributed by atoms with Crippen molar-refractivity contribution in [3.63, 3.8) is 0 Å². The van der Waals surface area contributed by atoms with Crippen molar-refractivity contribution in [2.75, 3.05) is 33.8 Å². The van der Waals surface area contributed by atoms with Crippen molar-refractivity contribution in [2.45, 2.75) is 25.4 Å². The van der Waals surface area contributed by atoms with Crippen LogP contribution in [0, 0.1) is 12.5 Å². The smallest absolute Gasteiger partial charge is 0.130 e. The van der Waals surface area contributed by atoms with E-state index in [0.717, 1.165) is 13.1 Å². The molecule has 3 rings (SSSR count). The normalized spacial score (nSPS) is 30.5. The van der Waals surface area contributed by atoms with Gasteiger partial charge in [0, 0.05) is 19.6 Å². The van der Waals surface area contributed by atoms with Gasteiger partial charge in [0.1, 0.15) is 18.5 Å². The van der Waals surface area contributed by atoms with Crippen LogP contribution in [-0.4, -0.2) is 54.9 Å². The third kappa shape index (κ3) is 2.83. The number of morpholine rings is 1. The third-order valence-electron chi connectivity index (χ3n) is 4.48. The molecule has 5 nitrogen and oxygen atoms in total. The number of benzene rings is 1. The van der Waals surface area contributed by atoms with Gasteiger partial charge in [0.25, 0.3) is 0 Å². The molecule has 2 heterocycles. The molecule has 118 valence electrons. The quantitative estimate of drug-likeness (QED) is 0.777. The summed E-state index contributed by atoms with van der Waals surface area (Å²) in [5.41, 5.74) is 2.38. The topological polar surface area (TPSA) is 28.2 Å². The van der Waals surface area contributed by atoms with Crippen LogP contribution < -0.4 is 0 Å². The zero-order chi connectivity index (χ0) is 15.7. The Hall–Kier alpha value is -1.58. The number of hydroxylamine groups is 2.